The van der Waals surface area contributed by atoms with E-state index in [0.29, 0.717) is 6.54 Å². The fraction of sp³-hybridized carbons (Fsp3) is 0.278. The SMILES string of the molecule is Cn1nc(-c2cccnc2)c2c1CN(C(=O)c1ccsc1)CCC2. The van der Waals surface area contributed by atoms with Crippen molar-refractivity contribution in [3.05, 3.63) is 58.2 Å². The van der Waals surface area contributed by atoms with Gasteiger partial charge in [0.1, 0.15) is 0 Å². The van der Waals surface area contributed by atoms with Gasteiger partial charge in [-0.05, 0) is 36.4 Å². The second kappa shape index (κ2) is 6.20. The summed E-state index contributed by atoms with van der Waals surface area (Å²) < 4.78 is 1.91. The summed E-state index contributed by atoms with van der Waals surface area (Å²) in [6, 6.07) is 5.86. The fourth-order valence-electron chi connectivity index (χ4n) is 3.25. The van der Waals surface area contributed by atoms with Crippen LogP contribution >= 0.6 is 11.3 Å². The lowest BCUT2D eigenvalue weighted by atomic mass is 10.0. The molecule has 5 nitrogen and oxygen atoms in total. The first-order valence-electron chi connectivity index (χ1n) is 8.00. The Kier molecular flexibility index (Phi) is 3.90. The van der Waals surface area contributed by atoms with Crippen LogP contribution in [-0.4, -0.2) is 32.1 Å². The largest absolute Gasteiger partial charge is 0.333 e. The van der Waals surface area contributed by atoms with Crippen LogP contribution in [0.2, 0.25) is 0 Å². The molecule has 3 aromatic rings. The van der Waals surface area contributed by atoms with Crippen LogP contribution in [0.5, 0.6) is 0 Å². The van der Waals surface area contributed by atoms with E-state index in [1.54, 1.807) is 17.5 Å². The highest BCUT2D eigenvalue weighted by molar-refractivity contribution is 7.08. The summed E-state index contributed by atoms with van der Waals surface area (Å²) in [6.07, 6.45) is 5.50. The average molecular weight is 338 g/mol. The number of aryl methyl sites for hydroxylation is 1. The van der Waals surface area contributed by atoms with Crippen molar-refractivity contribution in [3.8, 4) is 11.3 Å². The Labute approximate surface area is 144 Å². The van der Waals surface area contributed by atoms with Crippen molar-refractivity contribution in [2.45, 2.75) is 19.4 Å². The molecule has 0 saturated carbocycles. The van der Waals surface area contributed by atoms with E-state index in [1.807, 2.05) is 51.8 Å². The molecule has 6 heteroatoms. The third kappa shape index (κ3) is 2.63. The van der Waals surface area contributed by atoms with E-state index < -0.39 is 0 Å². The molecule has 0 spiro atoms. The molecule has 0 atom stereocenters. The van der Waals surface area contributed by atoms with Crippen molar-refractivity contribution < 1.29 is 4.79 Å². The molecule has 4 rings (SSSR count). The molecule has 0 aromatic carbocycles. The highest BCUT2D eigenvalue weighted by Crippen LogP contribution is 2.29. The molecule has 0 N–H and O–H groups in total. The maximum Gasteiger partial charge on any atom is 0.255 e. The number of carbonyl (C=O) groups excluding carboxylic acids is 1. The van der Waals surface area contributed by atoms with E-state index in [1.165, 1.54) is 5.56 Å². The summed E-state index contributed by atoms with van der Waals surface area (Å²) in [5, 5.41) is 8.56. The zero-order valence-corrected chi connectivity index (χ0v) is 14.3. The van der Waals surface area contributed by atoms with E-state index in [9.17, 15) is 4.79 Å². The Morgan fingerprint density at radius 1 is 1.33 bits per heavy atom. The minimum absolute atomic E-state index is 0.105. The first-order chi connectivity index (χ1) is 11.7. The number of hydrogen-bond acceptors (Lipinski definition) is 4. The molecule has 1 aliphatic rings. The summed E-state index contributed by atoms with van der Waals surface area (Å²) in [6.45, 7) is 1.38. The Morgan fingerprint density at radius 3 is 3.00 bits per heavy atom. The smallest absolute Gasteiger partial charge is 0.255 e. The van der Waals surface area contributed by atoms with Crippen LogP contribution in [0.15, 0.2) is 41.4 Å². The molecule has 24 heavy (non-hydrogen) atoms. The maximum absolute atomic E-state index is 12.7. The summed E-state index contributed by atoms with van der Waals surface area (Å²) in [5.41, 5.74) is 5.16. The van der Waals surface area contributed by atoms with Crippen LogP contribution in [0.3, 0.4) is 0 Å². The highest BCUT2D eigenvalue weighted by atomic mass is 32.1. The first kappa shape index (κ1) is 15.1. The maximum atomic E-state index is 12.7. The van der Waals surface area contributed by atoms with Gasteiger partial charge in [-0.15, -0.1) is 0 Å². The monoisotopic (exact) mass is 338 g/mol. The van der Waals surface area contributed by atoms with Crippen LogP contribution in [0.1, 0.15) is 28.0 Å². The lowest BCUT2D eigenvalue weighted by molar-refractivity contribution is 0.0743. The van der Waals surface area contributed by atoms with Gasteiger partial charge in [0.25, 0.3) is 5.91 Å². The van der Waals surface area contributed by atoms with Gasteiger partial charge in [0.15, 0.2) is 0 Å². The number of aromatic nitrogens is 3. The molecule has 0 saturated heterocycles. The van der Waals surface area contributed by atoms with Crippen LogP contribution < -0.4 is 0 Å². The van der Waals surface area contributed by atoms with Crippen molar-refractivity contribution in [1.82, 2.24) is 19.7 Å². The molecule has 3 aromatic heterocycles. The van der Waals surface area contributed by atoms with Crippen LogP contribution in [0, 0.1) is 0 Å². The minimum Gasteiger partial charge on any atom is -0.333 e. The quantitative estimate of drug-likeness (QED) is 0.721. The molecule has 0 unspecified atom stereocenters. The average Bonchev–Trinajstić information content (AvgIpc) is 3.18. The number of amides is 1. The van der Waals surface area contributed by atoms with Crippen LogP contribution in [0.25, 0.3) is 11.3 Å². The summed E-state index contributed by atoms with van der Waals surface area (Å²) in [4.78, 5) is 18.8. The fourth-order valence-corrected chi connectivity index (χ4v) is 3.88. The number of thiophene rings is 1. The van der Waals surface area contributed by atoms with E-state index in [0.717, 1.165) is 41.9 Å². The van der Waals surface area contributed by atoms with Crippen molar-refractivity contribution in [2.75, 3.05) is 6.54 Å². The molecule has 4 heterocycles. The Bertz CT molecular complexity index is 855. The van der Waals surface area contributed by atoms with Gasteiger partial charge >= 0.3 is 0 Å². The Morgan fingerprint density at radius 2 is 2.25 bits per heavy atom. The predicted octanol–water partition coefficient (Wildman–Crippen LogP) is 3.13. The molecule has 122 valence electrons. The molecular weight excluding hydrogens is 320 g/mol. The first-order valence-corrected chi connectivity index (χ1v) is 8.95. The molecule has 0 bridgehead atoms. The third-order valence-electron chi connectivity index (χ3n) is 4.46. The van der Waals surface area contributed by atoms with Gasteiger partial charge in [0.05, 0.1) is 23.5 Å². The Balaban J connectivity index is 1.69. The number of rotatable bonds is 2. The minimum atomic E-state index is 0.105. The van der Waals surface area contributed by atoms with Gasteiger partial charge < -0.3 is 4.90 Å². The number of hydrogen-bond donors (Lipinski definition) is 0. The van der Waals surface area contributed by atoms with Crippen molar-refractivity contribution in [3.63, 3.8) is 0 Å². The van der Waals surface area contributed by atoms with Gasteiger partial charge in [-0.25, -0.2) is 0 Å². The van der Waals surface area contributed by atoms with Crippen molar-refractivity contribution >= 4 is 17.2 Å². The summed E-state index contributed by atoms with van der Waals surface area (Å²) >= 11 is 1.56. The van der Waals surface area contributed by atoms with Crippen molar-refractivity contribution in [1.29, 1.82) is 0 Å². The van der Waals surface area contributed by atoms with Gasteiger partial charge in [0.2, 0.25) is 0 Å². The second-order valence-electron chi connectivity index (χ2n) is 5.98. The molecule has 0 fully saturated rings. The van der Waals surface area contributed by atoms with E-state index in [2.05, 4.69) is 4.98 Å². The molecule has 1 amide bonds. The van der Waals surface area contributed by atoms with E-state index in [4.69, 9.17) is 5.10 Å². The molecule has 0 radical (unpaired) electrons. The lowest BCUT2D eigenvalue weighted by Crippen LogP contribution is -2.31. The van der Waals surface area contributed by atoms with Crippen molar-refractivity contribution in [2.24, 2.45) is 7.05 Å². The molecule has 1 aliphatic heterocycles. The Hall–Kier alpha value is -2.47. The van der Waals surface area contributed by atoms with Crippen LogP contribution in [-0.2, 0) is 20.0 Å². The summed E-state index contributed by atoms with van der Waals surface area (Å²) in [5.74, 6) is 0.105. The predicted molar refractivity (Wildman–Crippen MR) is 93.8 cm³/mol. The third-order valence-corrected chi connectivity index (χ3v) is 5.14. The molecule has 0 aliphatic carbocycles. The second-order valence-corrected chi connectivity index (χ2v) is 6.76. The van der Waals surface area contributed by atoms with E-state index in [-0.39, 0.29) is 5.91 Å². The summed E-state index contributed by atoms with van der Waals surface area (Å²) in [7, 11) is 1.96. The lowest BCUT2D eigenvalue weighted by Gasteiger charge is -2.20. The zero-order chi connectivity index (χ0) is 16.5. The molecular formula is C18H18N4OS. The number of carbonyl (C=O) groups is 1. The van der Waals surface area contributed by atoms with Gasteiger partial charge in [-0.1, -0.05) is 0 Å². The topological polar surface area (TPSA) is 51.0 Å². The number of pyridine rings is 1. The van der Waals surface area contributed by atoms with E-state index >= 15 is 0 Å². The highest BCUT2D eigenvalue weighted by Gasteiger charge is 2.25. The normalized spacial score (nSPS) is 14.3. The van der Waals surface area contributed by atoms with Gasteiger partial charge in [0, 0.05) is 42.5 Å². The zero-order valence-electron chi connectivity index (χ0n) is 13.5. The standard InChI is InChI=1S/C18H18N4OS/c1-21-16-11-22(18(23)14-6-9-24-12-14)8-3-5-15(16)17(20-21)13-4-2-7-19-10-13/h2,4,6-7,9-10,12H,3,5,8,11H2,1H3. The number of nitrogens with zero attached hydrogens (tertiary/aromatic N) is 4. The number of fused-ring (bicyclic) bond motifs is 1. The van der Waals surface area contributed by atoms with Gasteiger partial charge in [-0.2, -0.15) is 16.4 Å². The van der Waals surface area contributed by atoms with Gasteiger partial charge in [-0.3, -0.25) is 14.5 Å². The van der Waals surface area contributed by atoms with Crippen LogP contribution in [0.4, 0.5) is 0 Å².